The maximum absolute atomic E-state index is 3.50. The topological polar surface area (TPSA) is 18.5 Å². The van der Waals surface area contributed by atoms with Crippen molar-refractivity contribution in [3.05, 3.63) is 29.8 Å². The summed E-state index contributed by atoms with van der Waals surface area (Å²) in [6.07, 6.45) is 0. The van der Waals surface area contributed by atoms with Crippen LogP contribution in [0.2, 0.25) is 0 Å². The van der Waals surface area contributed by atoms with E-state index in [-0.39, 0.29) is 0 Å². The smallest absolute Gasteiger partial charge is 0.0343 e. The highest BCUT2D eigenvalue weighted by Gasteiger charge is 2.14. The predicted octanol–water partition coefficient (Wildman–Crippen LogP) is 2.04. The fourth-order valence-electron chi connectivity index (χ4n) is 2.44. The molecule has 100 valence electrons. The Kier molecular flexibility index (Phi) is 5.02. The van der Waals surface area contributed by atoms with Gasteiger partial charge in [-0.05, 0) is 31.2 Å². The maximum atomic E-state index is 3.50. The molecular weight excluding hydrogens is 222 g/mol. The van der Waals surface area contributed by atoms with E-state index in [0.717, 1.165) is 13.1 Å². The van der Waals surface area contributed by atoms with Gasteiger partial charge in [-0.3, -0.25) is 4.90 Å². The summed E-state index contributed by atoms with van der Waals surface area (Å²) in [5.41, 5.74) is 2.55. The third kappa shape index (κ3) is 4.00. The minimum atomic E-state index is 1.04. The average Bonchev–Trinajstić information content (AvgIpc) is 2.40. The van der Waals surface area contributed by atoms with Gasteiger partial charge in [-0.25, -0.2) is 0 Å². The van der Waals surface area contributed by atoms with Crippen LogP contribution in [-0.4, -0.2) is 55.6 Å². The largest absolute Gasteiger partial charge is 0.384 e. The molecule has 2 rings (SSSR count). The van der Waals surface area contributed by atoms with Crippen LogP contribution in [0.5, 0.6) is 0 Å². The number of aryl methyl sites for hydroxylation is 1. The van der Waals surface area contributed by atoms with Crippen LogP contribution in [0.4, 0.5) is 5.69 Å². The Morgan fingerprint density at radius 1 is 1.11 bits per heavy atom. The molecule has 0 radical (unpaired) electrons. The Morgan fingerprint density at radius 2 is 1.83 bits per heavy atom. The fraction of sp³-hybridized carbons (Fsp3) is 0.600. The second kappa shape index (κ2) is 6.76. The van der Waals surface area contributed by atoms with E-state index in [1.807, 2.05) is 0 Å². The number of anilines is 1. The number of nitrogens with one attached hydrogen (secondary N) is 1. The normalized spacial score (nSPS) is 17.9. The third-order valence-corrected chi connectivity index (χ3v) is 3.69. The molecule has 18 heavy (non-hydrogen) atoms. The summed E-state index contributed by atoms with van der Waals surface area (Å²) in [7, 11) is 0. The summed E-state index contributed by atoms with van der Waals surface area (Å²) >= 11 is 0. The van der Waals surface area contributed by atoms with Crippen molar-refractivity contribution in [1.29, 1.82) is 0 Å². The first kappa shape index (κ1) is 13.4. The Labute approximate surface area is 111 Å². The van der Waals surface area contributed by atoms with E-state index in [2.05, 4.69) is 53.2 Å². The van der Waals surface area contributed by atoms with Crippen LogP contribution >= 0.6 is 0 Å². The van der Waals surface area contributed by atoms with Crippen molar-refractivity contribution in [3.63, 3.8) is 0 Å². The lowest BCUT2D eigenvalue weighted by Crippen LogP contribution is -2.47. The van der Waals surface area contributed by atoms with Crippen molar-refractivity contribution < 1.29 is 0 Å². The molecule has 1 aromatic carbocycles. The van der Waals surface area contributed by atoms with Crippen LogP contribution < -0.4 is 5.32 Å². The van der Waals surface area contributed by atoms with Gasteiger partial charge in [-0.2, -0.15) is 0 Å². The molecule has 0 unspecified atom stereocenters. The molecule has 3 nitrogen and oxygen atoms in total. The van der Waals surface area contributed by atoms with E-state index in [1.54, 1.807) is 0 Å². The molecule has 0 atom stereocenters. The number of nitrogens with zero attached hydrogens (tertiary/aromatic N) is 2. The van der Waals surface area contributed by atoms with Gasteiger partial charge in [-0.1, -0.05) is 19.1 Å². The molecule has 1 fully saturated rings. The number of piperazine rings is 1. The monoisotopic (exact) mass is 247 g/mol. The van der Waals surface area contributed by atoms with Crippen LogP contribution in [0.1, 0.15) is 12.5 Å². The van der Waals surface area contributed by atoms with Crippen LogP contribution in [0, 0.1) is 6.92 Å². The third-order valence-electron chi connectivity index (χ3n) is 3.69. The molecule has 0 aliphatic carbocycles. The Bertz CT molecular complexity index is 357. The molecule has 0 amide bonds. The number of likely N-dealkylation sites (N-methyl/N-ethyl adjacent to an activating group) is 1. The summed E-state index contributed by atoms with van der Waals surface area (Å²) in [6.45, 7) is 12.6. The highest BCUT2D eigenvalue weighted by atomic mass is 15.3. The quantitative estimate of drug-likeness (QED) is 0.859. The molecule has 0 saturated carbocycles. The van der Waals surface area contributed by atoms with E-state index in [1.165, 1.54) is 44.0 Å². The average molecular weight is 247 g/mol. The summed E-state index contributed by atoms with van der Waals surface area (Å²) < 4.78 is 0. The minimum absolute atomic E-state index is 1.04. The molecule has 1 aliphatic rings. The zero-order valence-corrected chi connectivity index (χ0v) is 11.7. The van der Waals surface area contributed by atoms with Gasteiger partial charge in [0, 0.05) is 45.0 Å². The Hall–Kier alpha value is -1.06. The van der Waals surface area contributed by atoms with Crippen LogP contribution in [0.15, 0.2) is 24.3 Å². The van der Waals surface area contributed by atoms with Crippen molar-refractivity contribution in [3.8, 4) is 0 Å². The zero-order valence-electron chi connectivity index (χ0n) is 11.7. The highest BCUT2D eigenvalue weighted by Crippen LogP contribution is 2.09. The Morgan fingerprint density at radius 3 is 2.50 bits per heavy atom. The molecule has 3 heteroatoms. The number of rotatable bonds is 5. The summed E-state index contributed by atoms with van der Waals surface area (Å²) in [5, 5.41) is 3.50. The first-order valence-corrected chi connectivity index (χ1v) is 7.03. The fourth-order valence-corrected chi connectivity index (χ4v) is 2.44. The van der Waals surface area contributed by atoms with Gasteiger partial charge in [-0.15, -0.1) is 0 Å². The van der Waals surface area contributed by atoms with Crippen LogP contribution in [0.3, 0.4) is 0 Å². The molecule has 1 saturated heterocycles. The summed E-state index contributed by atoms with van der Waals surface area (Å²) in [4.78, 5) is 5.07. The SMILES string of the molecule is CCN1CCN(CCNc2cccc(C)c2)CC1. The summed E-state index contributed by atoms with van der Waals surface area (Å²) in [5.74, 6) is 0. The molecule has 0 bridgehead atoms. The lowest BCUT2D eigenvalue weighted by molar-refractivity contribution is 0.141. The van der Waals surface area contributed by atoms with Crippen LogP contribution in [-0.2, 0) is 0 Å². The molecule has 0 aromatic heterocycles. The molecule has 1 aromatic rings. The van der Waals surface area contributed by atoms with Gasteiger partial charge in [0.2, 0.25) is 0 Å². The summed E-state index contributed by atoms with van der Waals surface area (Å²) in [6, 6.07) is 8.59. The zero-order chi connectivity index (χ0) is 12.8. The van der Waals surface area contributed by atoms with Crippen LogP contribution in [0.25, 0.3) is 0 Å². The minimum Gasteiger partial charge on any atom is -0.384 e. The first-order valence-electron chi connectivity index (χ1n) is 7.03. The highest BCUT2D eigenvalue weighted by molar-refractivity contribution is 5.45. The second-order valence-electron chi connectivity index (χ2n) is 5.07. The molecule has 1 aliphatic heterocycles. The molecular formula is C15H25N3. The second-order valence-corrected chi connectivity index (χ2v) is 5.07. The van der Waals surface area contributed by atoms with E-state index in [0.29, 0.717) is 0 Å². The van der Waals surface area contributed by atoms with E-state index < -0.39 is 0 Å². The lowest BCUT2D eigenvalue weighted by atomic mass is 10.2. The maximum Gasteiger partial charge on any atom is 0.0343 e. The molecule has 1 heterocycles. The van der Waals surface area contributed by atoms with Gasteiger partial charge in [0.1, 0.15) is 0 Å². The van der Waals surface area contributed by atoms with E-state index >= 15 is 0 Å². The van der Waals surface area contributed by atoms with Crippen molar-refractivity contribution in [2.75, 3.05) is 51.1 Å². The number of hydrogen-bond donors (Lipinski definition) is 1. The van der Waals surface area contributed by atoms with E-state index in [9.17, 15) is 0 Å². The van der Waals surface area contributed by atoms with E-state index in [4.69, 9.17) is 0 Å². The van der Waals surface area contributed by atoms with Gasteiger partial charge in [0.05, 0.1) is 0 Å². The number of hydrogen-bond acceptors (Lipinski definition) is 3. The first-order chi connectivity index (χ1) is 8.78. The predicted molar refractivity (Wildman–Crippen MR) is 78.2 cm³/mol. The van der Waals surface area contributed by atoms with Gasteiger partial charge in [0.15, 0.2) is 0 Å². The van der Waals surface area contributed by atoms with Crippen molar-refractivity contribution in [2.45, 2.75) is 13.8 Å². The molecule has 1 N–H and O–H groups in total. The Balaban J connectivity index is 1.67. The van der Waals surface area contributed by atoms with Gasteiger partial charge >= 0.3 is 0 Å². The number of benzene rings is 1. The van der Waals surface area contributed by atoms with Gasteiger partial charge < -0.3 is 10.2 Å². The van der Waals surface area contributed by atoms with Crippen molar-refractivity contribution >= 4 is 5.69 Å². The van der Waals surface area contributed by atoms with Crippen molar-refractivity contribution in [1.82, 2.24) is 9.80 Å². The van der Waals surface area contributed by atoms with Gasteiger partial charge in [0.25, 0.3) is 0 Å². The lowest BCUT2D eigenvalue weighted by Gasteiger charge is -2.34. The molecule has 0 spiro atoms. The standard InChI is InChI=1S/C15H25N3/c1-3-17-9-11-18(12-10-17)8-7-16-15-6-4-5-14(2)13-15/h4-6,13,16H,3,7-12H2,1-2H3. The van der Waals surface area contributed by atoms with Crippen molar-refractivity contribution in [2.24, 2.45) is 0 Å².